The summed E-state index contributed by atoms with van der Waals surface area (Å²) in [5.41, 5.74) is 3.54. The van der Waals surface area contributed by atoms with Crippen molar-refractivity contribution in [3.8, 4) is 22.4 Å². The molecule has 2 nitrogen and oxygen atoms in total. The maximum atomic E-state index is 15.0. The molecule has 0 saturated carbocycles. The van der Waals surface area contributed by atoms with Gasteiger partial charge in [-0.1, -0.05) is 30.3 Å². The van der Waals surface area contributed by atoms with Gasteiger partial charge in [0, 0.05) is 23.6 Å². The number of nitrogens with zero attached hydrogens (tertiary/aromatic N) is 1. The van der Waals surface area contributed by atoms with E-state index in [2.05, 4.69) is 4.98 Å². The highest BCUT2D eigenvalue weighted by atomic mass is 19.4. The Morgan fingerprint density at radius 3 is 2.42 bits per heavy atom. The maximum Gasteiger partial charge on any atom is 0.416 e. The molecule has 0 aliphatic heterocycles. The van der Waals surface area contributed by atoms with Crippen LogP contribution in [0, 0.1) is 12.7 Å². The fourth-order valence-corrected chi connectivity index (χ4v) is 3.62. The molecule has 158 valence electrons. The highest BCUT2D eigenvalue weighted by Gasteiger charge is 2.30. The van der Waals surface area contributed by atoms with Crippen molar-refractivity contribution >= 4 is 10.9 Å². The topological polar surface area (TPSA) is 22.1 Å². The molecule has 0 radical (unpaired) electrons. The number of halogens is 4. The van der Waals surface area contributed by atoms with Crippen molar-refractivity contribution < 1.29 is 22.3 Å². The van der Waals surface area contributed by atoms with E-state index in [1.807, 2.05) is 24.3 Å². The van der Waals surface area contributed by atoms with E-state index in [0.29, 0.717) is 39.9 Å². The molecule has 0 bridgehead atoms. The molecule has 0 aliphatic carbocycles. The number of ether oxygens (including phenoxy) is 1. The average Bonchev–Trinajstić information content (AvgIpc) is 2.73. The third-order valence-corrected chi connectivity index (χ3v) is 5.16. The minimum Gasteiger partial charge on any atom is -0.380 e. The van der Waals surface area contributed by atoms with E-state index in [9.17, 15) is 17.6 Å². The van der Waals surface area contributed by atoms with Crippen molar-refractivity contribution in [1.82, 2.24) is 4.98 Å². The Bertz CT molecular complexity index is 1260. The lowest BCUT2D eigenvalue weighted by Gasteiger charge is -2.12. The molecule has 31 heavy (non-hydrogen) atoms. The normalized spacial score (nSPS) is 11.8. The van der Waals surface area contributed by atoms with Crippen LogP contribution >= 0.6 is 0 Å². The first-order valence-electron chi connectivity index (χ1n) is 9.63. The number of benzene rings is 3. The van der Waals surface area contributed by atoms with E-state index >= 15 is 0 Å². The Hall–Kier alpha value is -3.25. The van der Waals surface area contributed by atoms with Gasteiger partial charge < -0.3 is 4.74 Å². The first kappa shape index (κ1) is 21.0. The minimum atomic E-state index is -4.42. The van der Waals surface area contributed by atoms with Crippen molar-refractivity contribution in [2.24, 2.45) is 0 Å². The smallest absolute Gasteiger partial charge is 0.380 e. The minimum absolute atomic E-state index is 0.404. The summed E-state index contributed by atoms with van der Waals surface area (Å²) in [5.74, 6) is -0.404. The lowest BCUT2D eigenvalue weighted by molar-refractivity contribution is -0.137. The molecular formula is C25H19F4NO. The number of rotatable bonds is 4. The van der Waals surface area contributed by atoms with E-state index in [0.717, 1.165) is 23.3 Å². The van der Waals surface area contributed by atoms with Crippen LogP contribution in [-0.4, -0.2) is 12.1 Å². The van der Waals surface area contributed by atoms with Gasteiger partial charge in [-0.2, -0.15) is 13.2 Å². The van der Waals surface area contributed by atoms with Crippen LogP contribution in [0.25, 0.3) is 33.3 Å². The molecule has 6 heteroatoms. The average molecular weight is 425 g/mol. The van der Waals surface area contributed by atoms with Gasteiger partial charge in [-0.3, -0.25) is 0 Å². The number of aryl methyl sites for hydroxylation is 1. The molecule has 0 saturated heterocycles. The van der Waals surface area contributed by atoms with Gasteiger partial charge in [-0.25, -0.2) is 9.37 Å². The Morgan fingerprint density at radius 2 is 1.71 bits per heavy atom. The highest BCUT2D eigenvalue weighted by Crippen LogP contribution is 2.34. The van der Waals surface area contributed by atoms with Crippen LogP contribution in [0.2, 0.25) is 0 Å². The number of aromatic nitrogens is 1. The number of hydrogen-bond acceptors (Lipinski definition) is 2. The highest BCUT2D eigenvalue weighted by molar-refractivity contribution is 5.86. The van der Waals surface area contributed by atoms with Crippen LogP contribution in [0.5, 0.6) is 0 Å². The standard InChI is InChI=1S/C25H19F4NO/c1-15-10-24(30-23-9-7-19(13-21(15)23)25(27,28)29)18-6-8-20(22(26)12-18)17-5-3-4-16(11-17)14-31-2/h3-13H,14H2,1-2H3. The summed E-state index contributed by atoms with van der Waals surface area (Å²) in [6.07, 6.45) is -4.42. The lowest BCUT2D eigenvalue weighted by atomic mass is 9.99. The number of fused-ring (bicyclic) bond motifs is 1. The lowest BCUT2D eigenvalue weighted by Crippen LogP contribution is -2.04. The summed E-state index contributed by atoms with van der Waals surface area (Å²) >= 11 is 0. The van der Waals surface area contributed by atoms with Crippen LogP contribution in [0.3, 0.4) is 0 Å². The largest absolute Gasteiger partial charge is 0.416 e. The van der Waals surface area contributed by atoms with E-state index in [1.54, 1.807) is 32.2 Å². The zero-order chi connectivity index (χ0) is 22.2. The van der Waals surface area contributed by atoms with E-state index in [4.69, 9.17) is 4.74 Å². The van der Waals surface area contributed by atoms with E-state index < -0.39 is 17.6 Å². The molecule has 4 rings (SSSR count). The number of methoxy groups -OCH3 is 1. The molecule has 0 atom stereocenters. The Kier molecular flexibility index (Phi) is 5.50. The van der Waals surface area contributed by atoms with Gasteiger partial charge in [0.2, 0.25) is 0 Å². The van der Waals surface area contributed by atoms with Crippen LogP contribution in [0.15, 0.2) is 66.7 Å². The number of pyridine rings is 1. The second-order valence-corrected chi connectivity index (χ2v) is 7.38. The summed E-state index contributed by atoms with van der Waals surface area (Å²) in [4.78, 5) is 4.46. The fraction of sp³-hybridized carbons (Fsp3) is 0.160. The number of hydrogen-bond donors (Lipinski definition) is 0. The van der Waals surface area contributed by atoms with Gasteiger partial charge >= 0.3 is 6.18 Å². The fourth-order valence-electron chi connectivity index (χ4n) is 3.62. The van der Waals surface area contributed by atoms with Gasteiger partial charge in [0.15, 0.2) is 0 Å². The number of alkyl halides is 3. The molecule has 0 aliphatic rings. The summed E-state index contributed by atoms with van der Waals surface area (Å²) in [6.45, 7) is 2.16. The molecule has 0 spiro atoms. The van der Waals surface area contributed by atoms with Gasteiger partial charge in [0.1, 0.15) is 5.82 Å². The summed E-state index contributed by atoms with van der Waals surface area (Å²) < 4.78 is 59.1. The second kappa shape index (κ2) is 8.12. The van der Waals surface area contributed by atoms with Crippen LogP contribution < -0.4 is 0 Å². The molecule has 0 fully saturated rings. The molecule has 4 aromatic rings. The zero-order valence-corrected chi connectivity index (χ0v) is 16.9. The van der Waals surface area contributed by atoms with Crippen molar-refractivity contribution in [3.05, 3.63) is 89.2 Å². The first-order chi connectivity index (χ1) is 14.8. The Morgan fingerprint density at radius 1 is 0.903 bits per heavy atom. The van der Waals surface area contributed by atoms with Gasteiger partial charge in [0.05, 0.1) is 23.4 Å². The predicted octanol–water partition coefficient (Wildman–Crippen LogP) is 7.18. The van der Waals surface area contributed by atoms with E-state index in [1.165, 1.54) is 12.1 Å². The van der Waals surface area contributed by atoms with Crippen LogP contribution in [0.4, 0.5) is 17.6 Å². The first-order valence-corrected chi connectivity index (χ1v) is 9.63. The molecule has 3 aromatic carbocycles. The van der Waals surface area contributed by atoms with Crippen LogP contribution in [0.1, 0.15) is 16.7 Å². The monoisotopic (exact) mass is 425 g/mol. The van der Waals surface area contributed by atoms with Gasteiger partial charge in [-0.15, -0.1) is 0 Å². The predicted molar refractivity (Wildman–Crippen MR) is 113 cm³/mol. The molecule has 0 amide bonds. The molecule has 1 aromatic heterocycles. The van der Waals surface area contributed by atoms with Crippen molar-refractivity contribution in [2.75, 3.05) is 7.11 Å². The Balaban J connectivity index is 1.73. The van der Waals surface area contributed by atoms with Gasteiger partial charge in [0.25, 0.3) is 0 Å². The zero-order valence-electron chi connectivity index (χ0n) is 16.9. The molecular weight excluding hydrogens is 406 g/mol. The third kappa shape index (κ3) is 4.30. The SMILES string of the molecule is COCc1cccc(-c2ccc(-c3cc(C)c4cc(C(F)(F)F)ccc4n3)cc2F)c1. The van der Waals surface area contributed by atoms with Gasteiger partial charge in [-0.05, 0) is 60.0 Å². The maximum absolute atomic E-state index is 15.0. The third-order valence-electron chi connectivity index (χ3n) is 5.16. The Labute approximate surface area is 177 Å². The van der Waals surface area contributed by atoms with Crippen molar-refractivity contribution in [3.63, 3.8) is 0 Å². The quantitative estimate of drug-likeness (QED) is 0.323. The van der Waals surface area contributed by atoms with Crippen molar-refractivity contribution in [2.45, 2.75) is 19.7 Å². The summed E-state index contributed by atoms with van der Waals surface area (Å²) in [5, 5.41) is 0.422. The van der Waals surface area contributed by atoms with E-state index in [-0.39, 0.29) is 0 Å². The molecule has 0 unspecified atom stereocenters. The van der Waals surface area contributed by atoms with Crippen molar-refractivity contribution in [1.29, 1.82) is 0 Å². The summed E-state index contributed by atoms with van der Waals surface area (Å²) in [7, 11) is 1.60. The molecule has 0 N–H and O–H groups in total. The molecule has 1 heterocycles. The summed E-state index contributed by atoms with van der Waals surface area (Å²) in [6, 6.07) is 17.4. The second-order valence-electron chi connectivity index (χ2n) is 7.38. The van der Waals surface area contributed by atoms with Crippen LogP contribution in [-0.2, 0) is 17.5 Å².